The number of fused-ring (bicyclic) bond motifs is 1. The molecule has 3 aromatic carbocycles. The molecule has 0 fully saturated rings. The molecule has 1 unspecified atom stereocenters. The summed E-state index contributed by atoms with van der Waals surface area (Å²) >= 11 is 5.43. The van der Waals surface area contributed by atoms with Crippen molar-refractivity contribution in [1.82, 2.24) is 10.6 Å². The predicted octanol–water partition coefficient (Wildman–Crippen LogP) is 4.68. The Bertz CT molecular complexity index is 1200. The first-order valence-electron chi connectivity index (χ1n) is 10.4. The first-order valence-corrected chi connectivity index (χ1v) is 10.8. The summed E-state index contributed by atoms with van der Waals surface area (Å²) in [5.41, 5.74) is 2.78. The van der Waals surface area contributed by atoms with Crippen molar-refractivity contribution in [1.29, 1.82) is 0 Å². The Morgan fingerprint density at radius 2 is 1.84 bits per heavy atom. The second kappa shape index (κ2) is 9.28. The fourth-order valence-electron chi connectivity index (χ4n) is 3.96. The first-order chi connectivity index (χ1) is 15.5. The number of rotatable bonds is 6. The highest BCUT2D eigenvalue weighted by Gasteiger charge is 2.33. The molecule has 3 aromatic rings. The molecule has 0 saturated carbocycles. The molecule has 0 saturated heterocycles. The second-order valence-electron chi connectivity index (χ2n) is 7.38. The highest BCUT2D eigenvalue weighted by molar-refractivity contribution is 7.80. The normalized spacial score (nSPS) is 15.7. The lowest BCUT2D eigenvalue weighted by Gasteiger charge is -2.32. The number of thiocarbonyl (C=S) groups is 1. The molecule has 32 heavy (non-hydrogen) atoms. The Morgan fingerprint density at radius 3 is 2.56 bits per heavy atom. The minimum Gasteiger partial charge on any atom is -0.496 e. The molecule has 164 valence electrons. The molecule has 0 bridgehead atoms. The maximum Gasteiger partial charge on any atom is 0.255 e. The molecular formula is C25H25N3O3S. The van der Waals surface area contributed by atoms with Gasteiger partial charge in [0.05, 0.1) is 25.3 Å². The number of ether oxygens (including phenoxy) is 2. The monoisotopic (exact) mass is 447 g/mol. The molecule has 1 atom stereocenters. The van der Waals surface area contributed by atoms with Crippen LogP contribution in [-0.4, -0.2) is 24.7 Å². The minimum absolute atomic E-state index is 0.228. The molecule has 0 aliphatic carbocycles. The molecule has 4 rings (SSSR count). The van der Waals surface area contributed by atoms with Crippen molar-refractivity contribution in [2.45, 2.75) is 19.9 Å². The van der Waals surface area contributed by atoms with Gasteiger partial charge in [-0.25, -0.2) is 0 Å². The lowest BCUT2D eigenvalue weighted by atomic mass is 9.90. The van der Waals surface area contributed by atoms with Gasteiger partial charge in [-0.2, -0.15) is 0 Å². The number of carbonyl (C=O) groups is 1. The van der Waals surface area contributed by atoms with Crippen LogP contribution in [0, 0.1) is 0 Å². The average molecular weight is 448 g/mol. The van der Waals surface area contributed by atoms with E-state index in [-0.39, 0.29) is 5.91 Å². The number of carbonyl (C=O) groups excluding carboxylic acids is 1. The van der Waals surface area contributed by atoms with E-state index in [1.54, 1.807) is 7.11 Å². The molecule has 1 amide bonds. The highest BCUT2D eigenvalue weighted by Crippen LogP contribution is 2.38. The predicted molar refractivity (Wildman–Crippen MR) is 131 cm³/mol. The van der Waals surface area contributed by atoms with Gasteiger partial charge in [0.15, 0.2) is 5.11 Å². The topological polar surface area (TPSA) is 71.6 Å². The third-order valence-electron chi connectivity index (χ3n) is 5.38. The molecule has 1 aliphatic heterocycles. The Morgan fingerprint density at radius 1 is 1.09 bits per heavy atom. The van der Waals surface area contributed by atoms with Crippen LogP contribution in [-0.2, 0) is 4.79 Å². The zero-order valence-corrected chi connectivity index (χ0v) is 19.0. The number of amides is 1. The van der Waals surface area contributed by atoms with Crippen molar-refractivity contribution in [2.24, 2.45) is 0 Å². The highest BCUT2D eigenvalue weighted by atomic mass is 32.1. The third kappa shape index (κ3) is 4.24. The van der Waals surface area contributed by atoms with Gasteiger partial charge in [-0.3, -0.25) is 4.79 Å². The summed E-state index contributed by atoms with van der Waals surface area (Å²) in [6, 6.07) is 18.8. The summed E-state index contributed by atoms with van der Waals surface area (Å²) in [6.45, 7) is 4.37. The van der Waals surface area contributed by atoms with Crippen molar-refractivity contribution >= 4 is 39.7 Å². The van der Waals surface area contributed by atoms with Crippen molar-refractivity contribution in [2.75, 3.05) is 19.0 Å². The Hall–Kier alpha value is -3.58. The van der Waals surface area contributed by atoms with Crippen LogP contribution in [0.2, 0.25) is 0 Å². The molecular weight excluding hydrogens is 422 g/mol. The number of methoxy groups -OCH3 is 1. The zero-order valence-electron chi connectivity index (χ0n) is 18.2. The van der Waals surface area contributed by atoms with Gasteiger partial charge in [-0.05, 0) is 67.2 Å². The molecule has 1 heterocycles. The van der Waals surface area contributed by atoms with Crippen molar-refractivity contribution < 1.29 is 14.3 Å². The van der Waals surface area contributed by atoms with Gasteiger partial charge in [0.25, 0.3) is 5.91 Å². The van der Waals surface area contributed by atoms with Crippen molar-refractivity contribution in [3.05, 3.63) is 77.5 Å². The lowest BCUT2D eigenvalue weighted by molar-refractivity contribution is -0.113. The SMILES string of the molecule is CCOc1ccc(NC(=O)C2=C(C)NC(=S)NC2c2c(OC)ccc3ccccc23)cc1. The van der Waals surface area contributed by atoms with Crippen LogP contribution in [0.5, 0.6) is 11.5 Å². The van der Waals surface area contributed by atoms with E-state index in [9.17, 15) is 4.79 Å². The standard InChI is InChI=1S/C25H25N3O3S/c1-4-31-18-12-10-17(11-13-18)27-24(29)21-15(2)26-25(32)28-23(21)22-19-8-6-5-7-16(19)9-14-20(22)30-3/h5-14,23H,4H2,1-3H3,(H,27,29)(H2,26,28,32). The van der Waals surface area contributed by atoms with Gasteiger partial charge in [0.1, 0.15) is 11.5 Å². The van der Waals surface area contributed by atoms with Crippen LogP contribution >= 0.6 is 12.2 Å². The van der Waals surface area contributed by atoms with E-state index in [1.807, 2.05) is 74.5 Å². The zero-order chi connectivity index (χ0) is 22.7. The molecule has 7 heteroatoms. The maximum atomic E-state index is 13.5. The van der Waals surface area contributed by atoms with Gasteiger partial charge in [0.2, 0.25) is 0 Å². The summed E-state index contributed by atoms with van der Waals surface area (Å²) in [7, 11) is 1.63. The number of allylic oxidation sites excluding steroid dienone is 1. The Kier molecular flexibility index (Phi) is 6.28. The molecule has 0 aromatic heterocycles. The summed E-state index contributed by atoms with van der Waals surface area (Å²) < 4.78 is 11.2. The molecule has 1 aliphatic rings. The van der Waals surface area contributed by atoms with Crippen LogP contribution in [0.4, 0.5) is 5.69 Å². The average Bonchev–Trinajstić information content (AvgIpc) is 2.79. The third-order valence-corrected chi connectivity index (χ3v) is 5.60. The fraction of sp³-hybridized carbons (Fsp3) is 0.200. The van der Waals surface area contributed by atoms with Crippen molar-refractivity contribution in [3.63, 3.8) is 0 Å². The largest absolute Gasteiger partial charge is 0.496 e. The summed E-state index contributed by atoms with van der Waals surface area (Å²) in [6.07, 6.45) is 0. The number of benzene rings is 3. The number of anilines is 1. The van der Waals surface area contributed by atoms with E-state index in [4.69, 9.17) is 21.7 Å². The second-order valence-corrected chi connectivity index (χ2v) is 7.79. The van der Waals surface area contributed by atoms with E-state index in [1.165, 1.54) is 0 Å². The number of hydrogen-bond acceptors (Lipinski definition) is 4. The van der Waals surface area contributed by atoms with Gasteiger partial charge in [0, 0.05) is 16.9 Å². The van der Waals surface area contributed by atoms with E-state index in [0.717, 1.165) is 22.1 Å². The molecule has 0 radical (unpaired) electrons. The molecule has 6 nitrogen and oxygen atoms in total. The minimum atomic E-state index is -0.479. The lowest BCUT2D eigenvalue weighted by Crippen LogP contribution is -2.46. The fourth-order valence-corrected chi connectivity index (χ4v) is 4.23. The van der Waals surface area contributed by atoms with Gasteiger partial charge in [-0.1, -0.05) is 30.3 Å². The van der Waals surface area contributed by atoms with Crippen LogP contribution in [0.15, 0.2) is 71.9 Å². The van der Waals surface area contributed by atoms with Crippen LogP contribution in [0.3, 0.4) is 0 Å². The van der Waals surface area contributed by atoms with Crippen molar-refractivity contribution in [3.8, 4) is 11.5 Å². The summed E-state index contributed by atoms with van der Waals surface area (Å²) in [5, 5.41) is 11.9. The first kappa shape index (κ1) is 21.6. The van der Waals surface area contributed by atoms with Gasteiger partial charge in [-0.15, -0.1) is 0 Å². The number of hydrogen-bond donors (Lipinski definition) is 3. The smallest absolute Gasteiger partial charge is 0.255 e. The summed E-state index contributed by atoms with van der Waals surface area (Å²) in [5.74, 6) is 1.21. The number of nitrogens with one attached hydrogen (secondary N) is 3. The van der Waals surface area contributed by atoms with Crippen LogP contribution in [0.25, 0.3) is 10.8 Å². The van der Waals surface area contributed by atoms with E-state index < -0.39 is 6.04 Å². The quantitative estimate of drug-likeness (QED) is 0.477. The van der Waals surface area contributed by atoms with E-state index in [2.05, 4.69) is 16.0 Å². The maximum absolute atomic E-state index is 13.5. The van der Waals surface area contributed by atoms with E-state index >= 15 is 0 Å². The van der Waals surface area contributed by atoms with Crippen LogP contribution < -0.4 is 25.4 Å². The molecule has 3 N–H and O–H groups in total. The van der Waals surface area contributed by atoms with Gasteiger partial charge >= 0.3 is 0 Å². The van der Waals surface area contributed by atoms with Crippen LogP contribution in [0.1, 0.15) is 25.5 Å². The molecule has 0 spiro atoms. The van der Waals surface area contributed by atoms with E-state index in [0.29, 0.717) is 34.4 Å². The Balaban J connectivity index is 1.75. The van der Waals surface area contributed by atoms with Gasteiger partial charge < -0.3 is 25.4 Å². The summed E-state index contributed by atoms with van der Waals surface area (Å²) in [4.78, 5) is 13.5. The Labute approximate surface area is 192 Å².